The van der Waals surface area contributed by atoms with Crippen LogP contribution >= 0.6 is 11.6 Å². The van der Waals surface area contributed by atoms with E-state index in [9.17, 15) is 13.2 Å². The van der Waals surface area contributed by atoms with Gasteiger partial charge in [-0.25, -0.2) is 15.0 Å². The average molecular weight is 458 g/mol. The van der Waals surface area contributed by atoms with Crippen LogP contribution in [-0.2, 0) is 25.7 Å². The fourth-order valence-electron chi connectivity index (χ4n) is 4.04. The van der Waals surface area contributed by atoms with Gasteiger partial charge in [-0.15, -0.1) is 0 Å². The van der Waals surface area contributed by atoms with Crippen LogP contribution in [0.4, 0.5) is 13.2 Å². The number of hydrogen-bond acceptors (Lipinski definition) is 4. The summed E-state index contributed by atoms with van der Waals surface area (Å²) < 4.78 is 40.4. The van der Waals surface area contributed by atoms with Gasteiger partial charge in [0, 0.05) is 49.6 Å². The maximum absolute atomic E-state index is 12.8. The molecule has 0 N–H and O–H groups in total. The molecule has 0 radical (unpaired) electrons. The molecule has 1 aliphatic rings. The number of rotatable bonds is 3. The zero-order valence-corrected chi connectivity index (χ0v) is 18.0. The standard InChI is InChI=1S/C23H19ClF3N5/c1-14-20(32-12-18(24)6-7-21(32)29-14)13-31-9-8-19-16(11-31)10-28-22(30-19)15-2-4-17(5-3-15)23(25,26)27/h2-7,10,12H,8-9,11,13H2,1H3. The lowest BCUT2D eigenvalue weighted by molar-refractivity contribution is -0.137. The van der Waals surface area contributed by atoms with Gasteiger partial charge < -0.3 is 4.40 Å². The Balaban J connectivity index is 1.35. The van der Waals surface area contributed by atoms with Gasteiger partial charge in [-0.1, -0.05) is 23.7 Å². The number of aryl methyl sites for hydroxylation is 1. The number of hydrogen-bond donors (Lipinski definition) is 0. The molecule has 1 aliphatic heterocycles. The number of alkyl halides is 3. The molecule has 1 aromatic carbocycles. The molecule has 0 unspecified atom stereocenters. The van der Waals surface area contributed by atoms with Gasteiger partial charge in [-0.05, 0) is 31.2 Å². The number of imidazole rings is 1. The van der Waals surface area contributed by atoms with Crippen LogP contribution in [0.15, 0.2) is 48.8 Å². The smallest absolute Gasteiger partial charge is 0.301 e. The van der Waals surface area contributed by atoms with Gasteiger partial charge in [0.15, 0.2) is 5.82 Å². The van der Waals surface area contributed by atoms with Crippen molar-refractivity contribution in [2.75, 3.05) is 6.54 Å². The van der Waals surface area contributed by atoms with Gasteiger partial charge >= 0.3 is 6.18 Å². The van der Waals surface area contributed by atoms with Gasteiger partial charge in [0.1, 0.15) is 5.65 Å². The van der Waals surface area contributed by atoms with E-state index in [1.54, 1.807) is 6.20 Å². The summed E-state index contributed by atoms with van der Waals surface area (Å²) in [5.41, 5.74) is 4.77. The van der Waals surface area contributed by atoms with Crippen molar-refractivity contribution in [1.29, 1.82) is 0 Å². The van der Waals surface area contributed by atoms with Crippen molar-refractivity contribution in [3.63, 3.8) is 0 Å². The van der Waals surface area contributed by atoms with E-state index < -0.39 is 11.7 Å². The van der Waals surface area contributed by atoms with Crippen LogP contribution in [0.2, 0.25) is 5.02 Å². The minimum atomic E-state index is -4.36. The lowest BCUT2D eigenvalue weighted by Gasteiger charge is -2.28. The van der Waals surface area contributed by atoms with Crippen LogP contribution in [-0.4, -0.2) is 30.8 Å². The van der Waals surface area contributed by atoms with E-state index in [4.69, 9.17) is 11.6 Å². The van der Waals surface area contributed by atoms with E-state index in [-0.39, 0.29) is 0 Å². The van der Waals surface area contributed by atoms with Crippen molar-refractivity contribution in [1.82, 2.24) is 24.3 Å². The van der Waals surface area contributed by atoms with Crippen LogP contribution in [0, 0.1) is 6.92 Å². The molecule has 9 heteroatoms. The Labute approximate surface area is 187 Å². The molecule has 164 valence electrons. The quantitative estimate of drug-likeness (QED) is 0.417. The monoisotopic (exact) mass is 457 g/mol. The van der Waals surface area contributed by atoms with Gasteiger partial charge in [-0.2, -0.15) is 13.2 Å². The Morgan fingerprint density at radius 1 is 1.06 bits per heavy atom. The van der Waals surface area contributed by atoms with Crippen molar-refractivity contribution in [3.8, 4) is 11.4 Å². The average Bonchev–Trinajstić information content (AvgIpc) is 3.07. The fourth-order valence-corrected chi connectivity index (χ4v) is 4.20. The highest BCUT2D eigenvalue weighted by Crippen LogP contribution is 2.31. The summed E-state index contributed by atoms with van der Waals surface area (Å²) in [4.78, 5) is 16.0. The normalized spacial score (nSPS) is 14.7. The molecule has 32 heavy (non-hydrogen) atoms. The largest absolute Gasteiger partial charge is 0.416 e. The van der Waals surface area contributed by atoms with Crippen molar-refractivity contribution < 1.29 is 13.2 Å². The molecule has 3 aromatic heterocycles. The number of benzene rings is 1. The minimum absolute atomic E-state index is 0.443. The third-order valence-corrected chi connectivity index (χ3v) is 5.96. The number of aromatic nitrogens is 4. The molecule has 0 aliphatic carbocycles. The molecule has 0 spiro atoms. The predicted octanol–water partition coefficient (Wildman–Crippen LogP) is 5.33. The van der Waals surface area contributed by atoms with Gasteiger partial charge in [0.2, 0.25) is 0 Å². The summed E-state index contributed by atoms with van der Waals surface area (Å²) >= 11 is 6.17. The molecule has 5 nitrogen and oxygen atoms in total. The molecule has 4 aromatic rings. The zero-order valence-electron chi connectivity index (χ0n) is 17.2. The molecular formula is C23H19ClF3N5. The van der Waals surface area contributed by atoms with E-state index in [0.29, 0.717) is 29.5 Å². The summed E-state index contributed by atoms with van der Waals surface area (Å²) in [6, 6.07) is 8.68. The first-order valence-corrected chi connectivity index (χ1v) is 10.5. The Morgan fingerprint density at radius 3 is 2.59 bits per heavy atom. The molecule has 0 saturated heterocycles. The number of halogens is 4. The second-order valence-electron chi connectivity index (χ2n) is 7.92. The fraction of sp³-hybridized carbons (Fsp3) is 0.261. The summed E-state index contributed by atoms with van der Waals surface area (Å²) in [7, 11) is 0. The van der Waals surface area contributed by atoms with Crippen molar-refractivity contribution >= 4 is 17.2 Å². The van der Waals surface area contributed by atoms with Crippen molar-refractivity contribution in [2.45, 2.75) is 32.6 Å². The van der Waals surface area contributed by atoms with E-state index in [0.717, 1.165) is 53.4 Å². The van der Waals surface area contributed by atoms with Gasteiger partial charge in [0.25, 0.3) is 0 Å². The summed E-state index contributed by atoms with van der Waals surface area (Å²) in [5.74, 6) is 0.443. The SMILES string of the molecule is Cc1nc2ccc(Cl)cn2c1CN1CCc2nc(-c3ccc(C(F)(F)F)cc3)ncc2C1. The lowest BCUT2D eigenvalue weighted by atomic mass is 10.1. The maximum atomic E-state index is 12.8. The second-order valence-corrected chi connectivity index (χ2v) is 8.36. The predicted molar refractivity (Wildman–Crippen MR) is 115 cm³/mol. The molecule has 0 fully saturated rings. The summed E-state index contributed by atoms with van der Waals surface area (Å²) in [6.07, 6.45) is 0.0362. The van der Waals surface area contributed by atoms with Crippen molar-refractivity contribution in [3.05, 3.63) is 82.0 Å². The zero-order chi connectivity index (χ0) is 22.5. The Morgan fingerprint density at radius 2 is 1.84 bits per heavy atom. The maximum Gasteiger partial charge on any atom is 0.416 e. The lowest BCUT2D eigenvalue weighted by Crippen LogP contribution is -2.31. The third kappa shape index (κ3) is 3.96. The minimum Gasteiger partial charge on any atom is -0.301 e. The molecule has 4 heterocycles. The van der Waals surface area contributed by atoms with E-state index >= 15 is 0 Å². The first-order chi connectivity index (χ1) is 15.3. The van der Waals surface area contributed by atoms with Crippen LogP contribution < -0.4 is 0 Å². The summed E-state index contributed by atoms with van der Waals surface area (Å²) in [5, 5.41) is 0.657. The highest BCUT2D eigenvalue weighted by molar-refractivity contribution is 6.30. The van der Waals surface area contributed by atoms with E-state index in [1.165, 1.54) is 12.1 Å². The van der Waals surface area contributed by atoms with Crippen LogP contribution in [0.25, 0.3) is 17.0 Å². The first-order valence-electron chi connectivity index (χ1n) is 10.2. The van der Waals surface area contributed by atoms with Crippen LogP contribution in [0.1, 0.15) is 28.2 Å². The molecule has 5 rings (SSSR count). The first kappa shape index (κ1) is 20.9. The highest BCUT2D eigenvalue weighted by atomic mass is 35.5. The van der Waals surface area contributed by atoms with Gasteiger partial charge in [-0.3, -0.25) is 4.90 Å². The van der Waals surface area contributed by atoms with Crippen LogP contribution in [0.3, 0.4) is 0 Å². The number of pyridine rings is 1. The summed E-state index contributed by atoms with van der Waals surface area (Å²) in [6.45, 7) is 4.21. The molecule has 0 bridgehead atoms. The number of nitrogens with zero attached hydrogens (tertiary/aromatic N) is 5. The Kier molecular flexibility index (Phi) is 5.14. The van der Waals surface area contributed by atoms with Crippen LogP contribution in [0.5, 0.6) is 0 Å². The third-order valence-electron chi connectivity index (χ3n) is 5.74. The Bertz CT molecular complexity index is 1300. The number of fused-ring (bicyclic) bond motifs is 2. The Hall–Kier alpha value is -2.97. The van der Waals surface area contributed by atoms with Gasteiger partial charge in [0.05, 0.1) is 27.7 Å². The van der Waals surface area contributed by atoms with E-state index in [2.05, 4.69) is 19.9 Å². The topological polar surface area (TPSA) is 46.3 Å². The highest BCUT2D eigenvalue weighted by Gasteiger charge is 2.30. The molecule has 0 saturated carbocycles. The molecular weight excluding hydrogens is 439 g/mol. The van der Waals surface area contributed by atoms with Crippen molar-refractivity contribution in [2.24, 2.45) is 0 Å². The molecule has 0 amide bonds. The van der Waals surface area contributed by atoms with E-state index in [1.807, 2.05) is 29.7 Å². The molecule has 0 atom stereocenters. The second kappa shape index (κ2) is 7.86.